The predicted molar refractivity (Wildman–Crippen MR) is 60.4 cm³/mol. The maximum atomic E-state index is 14.2. The van der Waals surface area contributed by atoms with Gasteiger partial charge in [-0.1, -0.05) is 20.4 Å². The quantitative estimate of drug-likeness (QED) is 0.493. The average Bonchev–Trinajstić information content (AvgIpc) is 2.38. The topological polar surface area (TPSA) is 55.8 Å². The Kier molecular flexibility index (Phi) is 4.42. The molecule has 0 aliphatic carbocycles. The zero-order valence-electron chi connectivity index (χ0n) is 11.3. The van der Waals surface area contributed by atoms with Gasteiger partial charge in [-0.3, -0.25) is 0 Å². The SMILES string of the molecule is C=CC(=O)OC1C(C)(CC)COC(O)(C(F)(F)F)C1(F)F. The largest absolute Gasteiger partial charge is 0.452 e. The molecule has 1 saturated heterocycles. The van der Waals surface area contributed by atoms with Crippen LogP contribution in [0.2, 0.25) is 0 Å². The summed E-state index contributed by atoms with van der Waals surface area (Å²) in [6.45, 7) is 4.74. The van der Waals surface area contributed by atoms with Crippen LogP contribution >= 0.6 is 0 Å². The summed E-state index contributed by atoms with van der Waals surface area (Å²) in [5.41, 5.74) is -1.60. The molecule has 0 aromatic carbocycles. The van der Waals surface area contributed by atoms with E-state index in [1.54, 1.807) is 0 Å². The molecule has 0 bridgehead atoms. The fourth-order valence-corrected chi connectivity index (χ4v) is 2.00. The highest BCUT2D eigenvalue weighted by atomic mass is 19.4. The van der Waals surface area contributed by atoms with Gasteiger partial charge >= 0.3 is 23.9 Å². The zero-order valence-corrected chi connectivity index (χ0v) is 11.3. The molecule has 1 N–H and O–H groups in total. The first-order valence-electron chi connectivity index (χ1n) is 5.99. The summed E-state index contributed by atoms with van der Waals surface area (Å²) in [6.07, 6.45) is -7.79. The van der Waals surface area contributed by atoms with Gasteiger partial charge in [0.1, 0.15) is 0 Å². The molecule has 1 rings (SSSR count). The van der Waals surface area contributed by atoms with Crippen molar-refractivity contribution in [1.29, 1.82) is 0 Å². The molecule has 0 saturated carbocycles. The first kappa shape index (κ1) is 17.8. The van der Waals surface area contributed by atoms with Crippen molar-refractivity contribution in [2.45, 2.75) is 44.3 Å². The van der Waals surface area contributed by atoms with Crippen molar-refractivity contribution in [3.05, 3.63) is 12.7 Å². The molecule has 1 aliphatic rings. The van der Waals surface area contributed by atoms with Crippen molar-refractivity contribution in [2.75, 3.05) is 6.61 Å². The number of ether oxygens (including phenoxy) is 2. The van der Waals surface area contributed by atoms with Crippen molar-refractivity contribution in [2.24, 2.45) is 5.41 Å². The molecular weight excluding hydrogens is 303 g/mol. The van der Waals surface area contributed by atoms with Crippen LogP contribution in [0.5, 0.6) is 0 Å². The monoisotopic (exact) mass is 318 g/mol. The van der Waals surface area contributed by atoms with E-state index in [1.165, 1.54) is 13.8 Å². The number of alkyl halides is 5. The fourth-order valence-electron chi connectivity index (χ4n) is 2.00. The average molecular weight is 318 g/mol. The van der Waals surface area contributed by atoms with Crippen LogP contribution in [0.25, 0.3) is 0 Å². The van der Waals surface area contributed by atoms with E-state index in [9.17, 15) is 31.9 Å². The third-order valence-corrected chi connectivity index (χ3v) is 3.62. The zero-order chi connectivity index (χ0) is 16.7. The second-order valence-electron chi connectivity index (χ2n) is 5.08. The molecule has 0 aromatic rings. The number of hydrogen-bond donors (Lipinski definition) is 1. The van der Waals surface area contributed by atoms with Crippen LogP contribution in [0, 0.1) is 5.41 Å². The molecule has 21 heavy (non-hydrogen) atoms. The number of rotatable bonds is 3. The summed E-state index contributed by atoms with van der Waals surface area (Å²) < 4.78 is 75.1. The van der Waals surface area contributed by atoms with E-state index in [2.05, 4.69) is 16.1 Å². The van der Waals surface area contributed by atoms with E-state index in [4.69, 9.17) is 0 Å². The molecule has 0 radical (unpaired) electrons. The van der Waals surface area contributed by atoms with Crippen LogP contribution in [0.1, 0.15) is 20.3 Å². The van der Waals surface area contributed by atoms with Crippen LogP contribution in [0.3, 0.4) is 0 Å². The van der Waals surface area contributed by atoms with Gasteiger partial charge in [0.25, 0.3) is 0 Å². The van der Waals surface area contributed by atoms with Crippen molar-refractivity contribution >= 4 is 5.97 Å². The minimum atomic E-state index is -5.76. The van der Waals surface area contributed by atoms with E-state index >= 15 is 0 Å². The molecule has 4 nitrogen and oxygen atoms in total. The third kappa shape index (κ3) is 2.64. The van der Waals surface area contributed by atoms with Crippen LogP contribution in [-0.4, -0.2) is 41.7 Å². The molecule has 1 aliphatic heterocycles. The van der Waals surface area contributed by atoms with Gasteiger partial charge in [-0.2, -0.15) is 22.0 Å². The Morgan fingerprint density at radius 3 is 2.43 bits per heavy atom. The maximum Gasteiger partial charge on any atom is 0.449 e. The lowest BCUT2D eigenvalue weighted by Gasteiger charge is -2.51. The molecule has 0 amide bonds. The summed E-state index contributed by atoms with van der Waals surface area (Å²) in [5.74, 6) is -10.9. The third-order valence-electron chi connectivity index (χ3n) is 3.62. The van der Waals surface area contributed by atoms with E-state index in [1.807, 2.05) is 0 Å². The lowest BCUT2D eigenvalue weighted by atomic mass is 9.74. The summed E-state index contributed by atoms with van der Waals surface area (Å²) in [6, 6.07) is 0. The summed E-state index contributed by atoms with van der Waals surface area (Å²) in [7, 11) is 0. The van der Waals surface area contributed by atoms with Crippen LogP contribution < -0.4 is 0 Å². The molecule has 3 atom stereocenters. The first-order chi connectivity index (χ1) is 9.35. The Bertz CT molecular complexity index is 436. The normalized spacial score (nSPS) is 36.1. The molecule has 3 unspecified atom stereocenters. The summed E-state index contributed by atoms with van der Waals surface area (Å²) >= 11 is 0. The predicted octanol–water partition coefficient (Wildman–Crippen LogP) is 2.42. The Labute approximate surface area is 117 Å². The highest BCUT2D eigenvalue weighted by Crippen LogP contribution is 2.54. The van der Waals surface area contributed by atoms with Gasteiger partial charge in [0.05, 0.1) is 6.61 Å². The van der Waals surface area contributed by atoms with Crippen molar-refractivity contribution < 1.29 is 41.3 Å². The molecule has 9 heteroatoms. The molecule has 0 aromatic heterocycles. The number of halogens is 5. The second kappa shape index (κ2) is 5.20. The Morgan fingerprint density at radius 1 is 1.52 bits per heavy atom. The smallest absolute Gasteiger partial charge is 0.449 e. The molecule has 122 valence electrons. The molecule has 1 heterocycles. The van der Waals surface area contributed by atoms with Crippen molar-refractivity contribution in [3.63, 3.8) is 0 Å². The van der Waals surface area contributed by atoms with Gasteiger partial charge in [-0.25, -0.2) is 4.79 Å². The van der Waals surface area contributed by atoms with Crippen molar-refractivity contribution in [3.8, 4) is 0 Å². The number of carbonyl (C=O) groups excluding carboxylic acids is 1. The fraction of sp³-hybridized carbons (Fsp3) is 0.750. The molecule has 1 fully saturated rings. The van der Waals surface area contributed by atoms with Crippen LogP contribution in [0.4, 0.5) is 22.0 Å². The van der Waals surface area contributed by atoms with Gasteiger partial charge < -0.3 is 14.6 Å². The van der Waals surface area contributed by atoms with Crippen molar-refractivity contribution in [1.82, 2.24) is 0 Å². The van der Waals surface area contributed by atoms with Crippen LogP contribution in [-0.2, 0) is 14.3 Å². The van der Waals surface area contributed by atoms with Gasteiger partial charge in [0.2, 0.25) is 0 Å². The standard InChI is InChI=1S/C12H15F5O4/c1-4-7(18)21-8-9(3,5-2)6-20-11(19,10(8,13)14)12(15,16)17/h4,8,19H,1,5-6H2,2-3H3. The van der Waals surface area contributed by atoms with Gasteiger partial charge in [-0.05, 0) is 6.42 Å². The van der Waals surface area contributed by atoms with E-state index in [-0.39, 0.29) is 6.42 Å². The summed E-state index contributed by atoms with van der Waals surface area (Å²) in [5, 5.41) is 9.30. The minimum Gasteiger partial charge on any atom is -0.452 e. The second-order valence-corrected chi connectivity index (χ2v) is 5.08. The Hall–Kier alpha value is -1.22. The Balaban J connectivity index is 3.34. The lowest BCUT2D eigenvalue weighted by molar-refractivity contribution is -0.471. The lowest BCUT2D eigenvalue weighted by Crippen LogP contribution is -2.73. The number of carbonyl (C=O) groups is 1. The van der Waals surface area contributed by atoms with Gasteiger partial charge in [-0.15, -0.1) is 0 Å². The highest BCUT2D eigenvalue weighted by molar-refractivity contribution is 5.81. The number of esters is 1. The number of aliphatic hydroxyl groups is 1. The molecular formula is C12H15F5O4. The highest BCUT2D eigenvalue weighted by Gasteiger charge is 2.79. The maximum absolute atomic E-state index is 14.2. The Morgan fingerprint density at radius 2 is 2.05 bits per heavy atom. The minimum absolute atomic E-state index is 0.0639. The van der Waals surface area contributed by atoms with E-state index < -0.39 is 42.0 Å². The summed E-state index contributed by atoms with van der Waals surface area (Å²) in [4.78, 5) is 11.2. The first-order valence-corrected chi connectivity index (χ1v) is 5.99. The van der Waals surface area contributed by atoms with E-state index in [0.29, 0.717) is 6.08 Å². The van der Waals surface area contributed by atoms with E-state index in [0.717, 1.165) is 0 Å². The van der Waals surface area contributed by atoms with Crippen LogP contribution in [0.15, 0.2) is 12.7 Å². The van der Waals surface area contributed by atoms with Gasteiger partial charge in [0.15, 0.2) is 6.10 Å². The number of hydrogen-bond acceptors (Lipinski definition) is 4. The van der Waals surface area contributed by atoms with Gasteiger partial charge in [0, 0.05) is 11.5 Å². The molecule has 0 spiro atoms.